The van der Waals surface area contributed by atoms with Gasteiger partial charge in [0.25, 0.3) is 5.91 Å². The van der Waals surface area contributed by atoms with Crippen LogP contribution < -0.4 is 10.2 Å². The molecule has 1 heterocycles. The first-order valence-electron chi connectivity index (χ1n) is 12.1. The molecule has 4 rings (SSSR count). The standard InChI is InChI=1S/C30H28FN3O2S/c1-19(2)21-13-15-24(16-14-21)34-29(36)27(17-23-11-7-8-12-26(23)31)37-30(34)25(18-32)28(35)33-20(3)22-9-5-4-6-10-22/h4-16,19-20,27H,17H2,1-3H3,(H,33,35)/b30-25-. The summed E-state index contributed by atoms with van der Waals surface area (Å²) in [6.45, 7) is 5.99. The normalized spacial score (nSPS) is 17.5. The largest absolute Gasteiger partial charge is 0.345 e. The van der Waals surface area contributed by atoms with Crippen molar-refractivity contribution in [3.8, 4) is 6.07 Å². The molecule has 7 heteroatoms. The van der Waals surface area contributed by atoms with Gasteiger partial charge < -0.3 is 5.32 Å². The molecular weight excluding hydrogens is 485 g/mol. The molecule has 0 radical (unpaired) electrons. The van der Waals surface area contributed by atoms with E-state index in [9.17, 15) is 19.2 Å². The van der Waals surface area contributed by atoms with Crippen LogP contribution in [0.2, 0.25) is 0 Å². The van der Waals surface area contributed by atoms with E-state index in [1.807, 2.05) is 67.6 Å². The number of nitrogens with zero attached hydrogens (tertiary/aromatic N) is 2. The minimum absolute atomic E-state index is 0.140. The number of nitrogens with one attached hydrogen (secondary N) is 1. The van der Waals surface area contributed by atoms with Gasteiger partial charge in [-0.2, -0.15) is 5.26 Å². The number of carbonyl (C=O) groups is 2. The van der Waals surface area contributed by atoms with Gasteiger partial charge in [0.1, 0.15) is 22.5 Å². The average molecular weight is 514 g/mol. The summed E-state index contributed by atoms with van der Waals surface area (Å²) in [5, 5.41) is 12.5. The van der Waals surface area contributed by atoms with Gasteiger partial charge in [-0.1, -0.05) is 86.3 Å². The highest BCUT2D eigenvalue weighted by atomic mass is 32.2. The van der Waals surface area contributed by atoms with Gasteiger partial charge in [0.05, 0.1) is 11.3 Å². The number of halogens is 1. The monoisotopic (exact) mass is 513 g/mol. The van der Waals surface area contributed by atoms with E-state index in [-0.39, 0.29) is 29.0 Å². The highest BCUT2D eigenvalue weighted by Crippen LogP contribution is 2.42. The Kier molecular flexibility index (Phi) is 8.10. The lowest BCUT2D eigenvalue weighted by Crippen LogP contribution is -2.33. The van der Waals surface area contributed by atoms with Crippen molar-refractivity contribution in [2.24, 2.45) is 0 Å². The fraction of sp³-hybridized carbons (Fsp3) is 0.233. The zero-order chi connectivity index (χ0) is 26.5. The molecule has 0 saturated carbocycles. The summed E-state index contributed by atoms with van der Waals surface area (Å²) >= 11 is 1.13. The lowest BCUT2D eigenvalue weighted by molar-refractivity contribution is -0.117. The second-order valence-corrected chi connectivity index (χ2v) is 10.4. The van der Waals surface area contributed by atoms with E-state index in [0.717, 1.165) is 22.9 Å². The van der Waals surface area contributed by atoms with Gasteiger partial charge in [-0.3, -0.25) is 14.5 Å². The molecule has 2 unspecified atom stereocenters. The molecule has 0 bridgehead atoms. The first-order valence-corrected chi connectivity index (χ1v) is 13.0. The Balaban J connectivity index is 1.71. The van der Waals surface area contributed by atoms with E-state index in [4.69, 9.17) is 0 Å². The van der Waals surface area contributed by atoms with Crippen LogP contribution in [-0.2, 0) is 16.0 Å². The Bertz CT molecular complexity index is 1360. The molecule has 0 aliphatic carbocycles. The Morgan fingerprint density at radius 1 is 1.00 bits per heavy atom. The highest BCUT2D eigenvalue weighted by molar-refractivity contribution is 8.05. The van der Waals surface area contributed by atoms with Gasteiger partial charge in [0, 0.05) is 5.69 Å². The number of carbonyl (C=O) groups excluding carboxylic acids is 2. The van der Waals surface area contributed by atoms with Crippen molar-refractivity contribution in [2.75, 3.05) is 4.90 Å². The van der Waals surface area contributed by atoms with Crippen LogP contribution in [0.5, 0.6) is 0 Å². The molecule has 0 spiro atoms. The molecule has 2 atom stereocenters. The second kappa shape index (κ2) is 11.4. The summed E-state index contributed by atoms with van der Waals surface area (Å²) in [6, 6.07) is 24.9. The van der Waals surface area contributed by atoms with Crippen LogP contribution in [0.3, 0.4) is 0 Å². The molecule has 1 N–H and O–H groups in total. The molecule has 2 amide bonds. The number of nitriles is 1. The van der Waals surface area contributed by atoms with Crippen LogP contribution in [0.1, 0.15) is 49.4 Å². The zero-order valence-corrected chi connectivity index (χ0v) is 21.8. The minimum atomic E-state index is -0.681. The summed E-state index contributed by atoms with van der Waals surface area (Å²) < 4.78 is 14.4. The van der Waals surface area contributed by atoms with Crippen molar-refractivity contribution in [3.63, 3.8) is 0 Å². The fourth-order valence-electron chi connectivity index (χ4n) is 4.19. The number of amides is 2. The van der Waals surface area contributed by atoms with Gasteiger partial charge in [-0.05, 0) is 54.2 Å². The average Bonchev–Trinajstić information content (AvgIpc) is 3.21. The van der Waals surface area contributed by atoms with Crippen molar-refractivity contribution in [1.29, 1.82) is 5.26 Å². The molecule has 188 valence electrons. The van der Waals surface area contributed by atoms with E-state index in [1.165, 1.54) is 11.0 Å². The van der Waals surface area contributed by atoms with Gasteiger partial charge in [-0.15, -0.1) is 0 Å². The minimum Gasteiger partial charge on any atom is -0.345 e. The van der Waals surface area contributed by atoms with Gasteiger partial charge in [0.2, 0.25) is 5.91 Å². The lowest BCUT2D eigenvalue weighted by atomic mass is 10.0. The maximum atomic E-state index is 14.4. The summed E-state index contributed by atoms with van der Waals surface area (Å²) in [5.41, 5.74) is 2.82. The molecule has 1 aliphatic rings. The molecule has 5 nitrogen and oxygen atoms in total. The Hall–Kier alpha value is -3.89. The van der Waals surface area contributed by atoms with Crippen molar-refractivity contribution >= 4 is 29.3 Å². The topological polar surface area (TPSA) is 73.2 Å². The number of benzene rings is 3. The van der Waals surface area contributed by atoms with E-state index in [1.54, 1.807) is 18.2 Å². The molecule has 3 aromatic carbocycles. The molecule has 1 saturated heterocycles. The quantitative estimate of drug-likeness (QED) is 0.299. The third-order valence-electron chi connectivity index (χ3n) is 6.33. The van der Waals surface area contributed by atoms with E-state index < -0.39 is 17.0 Å². The van der Waals surface area contributed by atoms with E-state index in [2.05, 4.69) is 19.2 Å². The Morgan fingerprint density at radius 3 is 2.27 bits per heavy atom. The van der Waals surface area contributed by atoms with Crippen molar-refractivity contribution < 1.29 is 14.0 Å². The summed E-state index contributed by atoms with van der Waals surface area (Å²) in [5.74, 6) is -0.945. The number of hydrogen-bond donors (Lipinski definition) is 1. The highest BCUT2D eigenvalue weighted by Gasteiger charge is 2.41. The first-order chi connectivity index (χ1) is 17.8. The van der Waals surface area contributed by atoms with Crippen LogP contribution in [0.4, 0.5) is 10.1 Å². The van der Waals surface area contributed by atoms with Crippen LogP contribution in [0.15, 0.2) is 89.5 Å². The SMILES string of the molecule is CC(C)c1ccc(N2C(=O)C(Cc3ccccc3F)S/C2=C(/C#N)C(=O)NC(C)c2ccccc2)cc1. The summed E-state index contributed by atoms with van der Waals surface area (Å²) in [6.07, 6.45) is 0.140. The molecule has 3 aromatic rings. The van der Waals surface area contributed by atoms with Crippen molar-refractivity contribution in [2.45, 2.75) is 44.4 Å². The molecule has 37 heavy (non-hydrogen) atoms. The number of thioether (sulfide) groups is 1. The van der Waals surface area contributed by atoms with Gasteiger partial charge in [-0.25, -0.2) is 4.39 Å². The molecule has 1 fully saturated rings. The maximum Gasteiger partial charge on any atom is 0.265 e. The second-order valence-electron chi connectivity index (χ2n) is 9.22. The molecule has 0 aromatic heterocycles. The van der Waals surface area contributed by atoms with Crippen molar-refractivity contribution in [3.05, 3.63) is 112 Å². The first kappa shape index (κ1) is 26.2. The number of hydrogen-bond acceptors (Lipinski definition) is 4. The molecular formula is C30H28FN3O2S. The third kappa shape index (κ3) is 5.76. The molecule has 1 aliphatic heterocycles. The van der Waals surface area contributed by atoms with Crippen molar-refractivity contribution in [1.82, 2.24) is 5.32 Å². The summed E-state index contributed by atoms with van der Waals surface area (Å²) in [7, 11) is 0. The Labute approximate surface area is 221 Å². The van der Waals surface area contributed by atoms with Crippen LogP contribution in [0.25, 0.3) is 0 Å². The predicted octanol–water partition coefficient (Wildman–Crippen LogP) is 6.25. The maximum absolute atomic E-state index is 14.4. The predicted molar refractivity (Wildman–Crippen MR) is 145 cm³/mol. The zero-order valence-electron chi connectivity index (χ0n) is 20.9. The number of rotatable bonds is 7. The third-order valence-corrected chi connectivity index (χ3v) is 7.60. The van der Waals surface area contributed by atoms with Gasteiger partial charge in [0.15, 0.2) is 0 Å². The van der Waals surface area contributed by atoms with Gasteiger partial charge >= 0.3 is 0 Å². The number of anilines is 1. The van der Waals surface area contributed by atoms with Crippen LogP contribution in [0, 0.1) is 17.1 Å². The Morgan fingerprint density at radius 2 is 1.65 bits per heavy atom. The summed E-state index contributed by atoms with van der Waals surface area (Å²) in [4.78, 5) is 28.4. The fourth-order valence-corrected chi connectivity index (χ4v) is 5.48. The lowest BCUT2D eigenvalue weighted by Gasteiger charge is -2.20. The van der Waals surface area contributed by atoms with Crippen LogP contribution >= 0.6 is 11.8 Å². The van der Waals surface area contributed by atoms with Crippen LogP contribution in [-0.4, -0.2) is 17.1 Å². The van der Waals surface area contributed by atoms with E-state index in [0.29, 0.717) is 17.2 Å². The van der Waals surface area contributed by atoms with E-state index >= 15 is 0 Å². The smallest absolute Gasteiger partial charge is 0.265 e.